The van der Waals surface area contributed by atoms with Crippen LogP contribution in [-0.2, 0) is 19.0 Å². The van der Waals surface area contributed by atoms with E-state index in [1.54, 1.807) is 30.3 Å². The molecule has 0 fully saturated rings. The lowest BCUT2D eigenvalue weighted by atomic mass is 10.2. The van der Waals surface area contributed by atoms with Gasteiger partial charge in [-0.15, -0.1) is 0 Å². The van der Waals surface area contributed by atoms with Gasteiger partial charge in [0.05, 0.1) is 5.56 Å². The van der Waals surface area contributed by atoms with E-state index in [1.165, 1.54) is 7.05 Å². The van der Waals surface area contributed by atoms with Crippen molar-refractivity contribution in [3.05, 3.63) is 41.6 Å². The number of aryl methyl sites for hydroxylation is 1. The van der Waals surface area contributed by atoms with Crippen molar-refractivity contribution in [1.29, 1.82) is 0 Å². The third kappa shape index (κ3) is 2.86. The van der Waals surface area contributed by atoms with Gasteiger partial charge in [-0.2, -0.15) is 30.9 Å². The van der Waals surface area contributed by atoms with Crippen molar-refractivity contribution >= 4 is 12.6 Å². The standard InChI is InChI=1S/C12H11F3N2OS/c1-17-11(18-8-5-3-2-4-6-8)9(7-19)10(16-17)12(13,14)15/h2-6,19H,7H2,1H3. The second kappa shape index (κ2) is 5.16. The van der Waals surface area contributed by atoms with Gasteiger partial charge in [0.1, 0.15) is 5.75 Å². The molecule has 3 nitrogen and oxygen atoms in total. The Labute approximate surface area is 113 Å². The fourth-order valence-electron chi connectivity index (χ4n) is 1.65. The third-order valence-electron chi connectivity index (χ3n) is 2.47. The number of hydrogen-bond acceptors (Lipinski definition) is 3. The number of ether oxygens (including phenoxy) is 1. The van der Waals surface area contributed by atoms with Crippen molar-refractivity contribution in [2.24, 2.45) is 7.05 Å². The maximum absolute atomic E-state index is 12.8. The molecular formula is C12H11F3N2OS. The molecule has 0 aliphatic heterocycles. The minimum atomic E-state index is -4.52. The van der Waals surface area contributed by atoms with E-state index in [-0.39, 0.29) is 17.2 Å². The first-order chi connectivity index (χ1) is 8.93. The summed E-state index contributed by atoms with van der Waals surface area (Å²) in [6, 6.07) is 8.56. The molecule has 1 aromatic carbocycles. The van der Waals surface area contributed by atoms with Gasteiger partial charge in [0.2, 0.25) is 5.88 Å². The van der Waals surface area contributed by atoms with Crippen molar-refractivity contribution in [2.75, 3.05) is 0 Å². The van der Waals surface area contributed by atoms with Crippen molar-refractivity contribution < 1.29 is 17.9 Å². The van der Waals surface area contributed by atoms with E-state index < -0.39 is 11.9 Å². The molecule has 0 radical (unpaired) electrons. The van der Waals surface area contributed by atoms with Crippen LogP contribution in [0.2, 0.25) is 0 Å². The quantitative estimate of drug-likeness (QED) is 0.873. The number of hydrogen-bond donors (Lipinski definition) is 1. The van der Waals surface area contributed by atoms with Gasteiger partial charge >= 0.3 is 6.18 Å². The zero-order chi connectivity index (χ0) is 14.0. The highest BCUT2D eigenvalue weighted by Gasteiger charge is 2.39. The van der Waals surface area contributed by atoms with E-state index in [0.29, 0.717) is 5.75 Å². The highest BCUT2D eigenvalue weighted by Crippen LogP contribution is 2.37. The van der Waals surface area contributed by atoms with Crippen LogP contribution in [0.15, 0.2) is 30.3 Å². The molecule has 2 rings (SSSR count). The fourth-order valence-corrected chi connectivity index (χ4v) is 1.94. The van der Waals surface area contributed by atoms with E-state index in [1.807, 2.05) is 0 Å². The molecule has 0 saturated carbocycles. The Morgan fingerprint density at radius 1 is 1.26 bits per heavy atom. The number of para-hydroxylation sites is 1. The molecule has 19 heavy (non-hydrogen) atoms. The first-order valence-corrected chi connectivity index (χ1v) is 6.03. The molecule has 2 aromatic rings. The maximum atomic E-state index is 12.8. The van der Waals surface area contributed by atoms with Crippen LogP contribution < -0.4 is 4.74 Å². The van der Waals surface area contributed by atoms with E-state index >= 15 is 0 Å². The first-order valence-electron chi connectivity index (χ1n) is 5.40. The summed E-state index contributed by atoms with van der Waals surface area (Å²) >= 11 is 3.93. The molecule has 7 heteroatoms. The van der Waals surface area contributed by atoms with E-state index in [0.717, 1.165) is 4.68 Å². The normalized spacial score (nSPS) is 11.6. The van der Waals surface area contributed by atoms with Crippen LogP contribution in [0.5, 0.6) is 11.6 Å². The molecule has 0 unspecified atom stereocenters. The third-order valence-corrected chi connectivity index (χ3v) is 2.79. The molecule has 0 atom stereocenters. The van der Waals surface area contributed by atoms with Crippen LogP contribution in [0.25, 0.3) is 0 Å². The number of thiol groups is 1. The highest BCUT2D eigenvalue weighted by atomic mass is 32.1. The topological polar surface area (TPSA) is 27.1 Å². The lowest BCUT2D eigenvalue weighted by Gasteiger charge is -2.08. The van der Waals surface area contributed by atoms with Gasteiger partial charge in [-0.1, -0.05) is 18.2 Å². The van der Waals surface area contributed by atoms with Gasteiger partial charge in [0, 0.05) is 12.8 Å². The Hall–Kier alpha value is -1.63. The van der Waals surface area contributed by atoms with Gasteiger partial charge in [0.25, 0.3) is 0 Å². The lowest BCUT2D eigenvalue weighted by molar-refractivity contribution is -0.141. The Morgan fingerprint density at radius 2 is 1.89 bits per heavy atom. The molecule has 1 heterocycles. The predicted octanol–water partition coefficient (Wildman–Crippen LogP) is 3.66. The SMILES string of the molecule is Cn1nc(C(F)(F)F)c(CS)c1Oc1ccccc1. The number of halogens is 3. The Kier molecular flexibility index (Phi) is 3.75. The van der Waals surface area contributed by atoms with Crippen LogP contribution in [-0.4, -0.2) is 9.78 Å². The molecule has 0 bridgehead atoms. The van der Waals surface area contributed by atoms with E-state index in [9.17, 15) is 13.2 Å². The maximum Gasteiger partial charge on any atom is 0.435 e. The van der Waals surface area contributed by atoms with Crippen molar-refractivity contribution in [2.45, 2.75) is 11.9 Å². The first kappa shape index (κ1) is 13.8. The molecule has 0 aliphatic rings. The van der Waals surface area contributed by atoms with Crippen LogP contribution in [0, 0.1) is 0 Å². The minimum absolute atomic E-state index is 0.0496. The van der Waals surface area contributed by atoms with Gasteiger partial charge in [-0.3, -0.25) is 0 Å². The molecule has 0 amide bonds. The largest absolute Gasteiger partial charge is 0.439 e. The Bertz CT molecular complexity index is 566. The fraction of sp³-hybridized carbons (Fsp3) is 0.250. The summed E-state index contributed by atoms with van der Waals surface area (Å²) in [6.07, 6.45) is -4.52. The molecule has 0 saturated heterocycles. The molecule has 1 aromatic heterocycles. The van der Waals surface area contributed by atoms with Crippen LogP contribution in [0.1, 0.15) is 11.3 Å². The zero-order valence-corrected chi connectivity index (χ0v) is 10.9. The molecule has 0 N–H and O–H groups in total. The molecular weight excluding hydrogens is 277 g/mol. The van der Waals surface area contributed by atoms with Gasteiger partial charge in [0.15, 0.2) is 5.69 Å². The monoisotopic (exact) mass is 288 g/mol. The minimum Gasteiger partial charge on any atom is -0.439 e. The summed E-state index contributed by atoms with van der Waals surface area (Å²) in [7, 11) is 1.40. The number of alkyl halides is 3. The average Bonchev–Trinajstić information content (AvgIpc) is 2.68. The summed E-state index contributed by atoms with van der Waals surface area (Å²) in [6.45, 7) is 0. The number of rotatable bonds is 3. The molecule has 0 spiro atoms. The van der Waals surface area contributed by atoms with Crippen molar-refractivity contribution in [3.63, 3.8) is 0 Å². The second-order valence-electron chi connectivity index (χ2n) is 3.83. The molecule has 102 valence electrons. The second-order valence-corrected chi connectivity index (χ2v) is 4.14. The molecule has 0 aliphatic carbocycles. The number of aromatic nitrogens is 2. The summed E-state index contributed by atoms with van der Waals surface area (Å²) in [5.74, 6) is 0.390. The van der Waals surface area contributed by atoms with Crippen molar-refractivity contribution in [3.8, 4) is 11.6 Å². The number of nitrogens with zero attached hydrogens (tertiary/aromatic N) is 2. The van der Waals surface area contributed by atoms with Gasteiger partial charge in [-0.05, 0) is 12.1 Å². The van der Waals surface area contributed by atoms with Crippen molar-refractivity contribution in [1.82, 2.24) is 9.78 Å². The zero-order valence-electron chi connectivity index (χ0n) is 9.98. The number of benzene rings is 1. The van der Waals surface area contributed by atoms with E-state index in [4.69, 9.17) is 4.74 Å². The summed E-state index contributed by atoms with van der Waals surface area (Å²) in [5.41, 5.74) is -1.03. The average molecular weight is 288 g/mol. The summed E-state index contributed by atoms with van der Waals surface area (Å²) in [5, 5.41) is 3.47. The highest BCUT2D eigenvalue weighted by molar-refractivity contribution is 7.79. The Morgan fingerprint density at radius 3 is 2.42 bits per heavy atom. The van der Waals surface area contributed by atoms with Crippen LogP contribution in [0.3, 0.4) is 0 Å². The van der Waals surface area contributed by atoms with Crippen LogP contribution in [0.4, 0.5) is 13.2 Å². The predicted molar refractivity (Wildman–Crippen MR) is 67.4 cm³/mol. The summed E-state index contributed by atoms with van der Waals surface area (Å²) < 4.78 is 44.9. The lowest BCUT2D eigenvalue weighted by Crippen LogP contribution is -2.08. The van der Waals surface area contributed by atoms with E-state index in [2.05, 4.69) is 17.7 Å². The summed E-state index contributed by atoms with van der Waals surface area (Å²) in [4.78, 5) is 0. The smallest absolute Gasteiger partial charge is 0.435 e. The van der Waals surface area contributed by atoms with Crippen LogP contribution >= 0.6 is 12.6 Å². The Balaban J connectivity index is 2.43. The van der Waals surface area contributed by atoms with Gasteiger partial charge < -0.3 is 4.74 Å². The van der Waals surface area contributed by atoms with Gasteiger partial charge in [-0.25, -0.2) is 4.68 Å².